The number of rotatable bonds is 11. The molecule has 0 aliphatic carbocycles. The molecular formula is C33H35Cl2N7O4. The van der Waals surface area contributed by atoms with Crippen LogP contribution in [0, 0.1) is 0 Å². The Kier molecular flexibility index (Phi) is 10.5. The maximum absolute atomic E-state index is 12.5. The van der Waals surface area contributed by atoms with Gasteiger partial charge in [0.05, 0.1) is 49.8 Å². The molecule has 2 N–H and O–H groups in total. The van der Waals surface area contributed by atoms with E-state index in [0.717, 1.165) is 38.4 Å². The standard InChI is InChI=1S/C33H35Cl2N7O4/c1-6-29(43)39-24-15-21(26(44-3)17-25(24)42-13-11-41(7-2)12-14-42)23-16-22(37-19-38-23)20-9-8-10-36-33(20)40-32-30(34)27(45-4)18-28(46-5)31(32)35/h6,8-10,15-19H,1,7,11-14H2,2-5H3,(H,36,40)(H,39,43). The van der Waals surface area contributed by atoms with Crippen molar-refractivity contribution in [1.29, 1.82) is 0 Å². The predicted octanol–water partition coefficient (Wildman–Crippen LogP) is 6.55. The number of benzene rings is 2. The quantitative estimate of drug-likeness (QED) is 0.171. The molecule has 4 aromatic rings. The van der Waals surface area contributed by atoms with Crippen molar-refractivity contribution in [3.63, 3.8) is 0 Å². The molecule has 0 spiro atoms. The number of anilines is 4. The summed E-state index contributed by atoms with van der Waals surface area (Å²) < 4.78 is 16.7. The number of hydrogen-bond acceptors (Lipinski definition) is 10. The predicted molar refractivity (Wildman–Crippen MR) is 183 cm³/mol. The molecular weight excluding hydrogens is 629 g/mol. The zero-order valence-electron chi connectivity index (χ0n) is 26.1. The fourth-order valence-corrected chi connectivity index (χ4v) is 5.86. The van der Waals surface area contributed by atoms with Crippen molar-refractivity contribution in [2.45, 2.75) is 6.92 Å². The summed E-state index contributed by atoms with van der Waals surface area (Å²) in [4.78, 5) is 30.8. The van der Waals surface area contributed by atoms with Gasteiger partial charge in [0.15, 0.2) is 0 Å². The van der Waals surface area contributed by atoms with Gasteiger partial charge in [0.1, 0.15) is 39.4 Å². The van der Waals surface area contributed by atoms with Crippen molar-refractivity contribution in [3.8, 4) is 39.8 Å². The molecule has 0 atom stereocenters. The number of aromatic nitrogens is 3. The number of carbonyl (C=O) groups excluding carboxylic acids is 1. The number of nitrogens with one attached hydrogen (secondary N) is 2. The average molecular weight is 665 g/mol. The monoisotopic (exact) mass is 663 g/mol. The third-order valence-corrected chi connectivity index (χ3v) is 8.52. The van der Waals surface area contributed by atoms with Crippen molar-refractivity contribution >= 4 is 52.0 Å². The Morgan fingerprint density at radius 2 is 1.57 bits per heavy atom. The lowest BCUT2D eigenvalue weighted by atomic mass is 10.0. The number of ether oxygens (including phenoxy) is 3. The molecule has 5 rings (SSSR count). The van der Waals surface area contributed by atoms with Crippen molar-refractivity contribution in [2.24, 2.45) is 0 Å². The second kappa shape index (κ2) is 14.7. The Morgan fingerprint density at radius 1 is 0.913 bits per heavy atom. The first kappa shape index (κ1) is 32.8. The molecule has 46 heavy (non-hydrogen) atoms. The fraction of sp³-hybridized carbons (Fsp3) is 0.273. The molecule has 0 unspecified atom stereocenters. The molecule has 11 nitrogen and oxygen atoms in total. The third kappa shape index (κ3) is 6.81. The zero-order valence-corrected chi connectivity index (χ0v) is 27.6. The minimum atomic E-state index is -0.314. The van der Waals surface area contributed by atoms with Crippen molar-refractivity contribution in [3.05, 3.63) is 71.6 Å². The van der Waals surface area contributed by atoms with E-state index in [4.69, 9.17) is 37.4 Å². The van der Waals surface area contributed by atoms with E-state index in [9.17, 15) is 4.79 Å². The van der Waals surface area contributed by atoms with E-state index < -0.39 is 0 Å². The molecule has 1 amide bonds. The molecule has 13 heteroatoms. The molecule has 0 bridgehead atoms. The lowest BCUT2D eigenvalue weighted by molar-refractivity contribution is -0.111. The van der Waals surface area contributed by atoms with E-state index in [2.05, 4.69) is 48.9 Å². The maximum Gasteiger partial charge on any atom is 0.247 e. The molecule has 240 valence electrons. The van der Waals surface area contributed by atoms with E-state index in [1.54, 1.807) is 25.4 Å². The molecule has 0 radical (unpaired) electrons. The van der Waals surface area contributed by atoms with Gasteiger partial charge in [0.2, 0.25) is 5.91 Å². The van der Waals surface area contributed by atoms with E-state index in [1.807, 2.05) is 24.3 Å². The summed E-state index contributed by atoms with van der Waals surface area (Å²) in [5, 5.41) is 6.75. The van der Waals surface area contributed by atoms with Crippen LogP contribution in [-0.4, -0.2) is 79.8 Å². The van der Waals surface area contributed by atoms with Gasteiger partial charge in [-0.05, 0) is 36.9 Å². The Morgan fingerprint density at radius 3 is 2.17 bits per heavy atom. The summed E-state index contributed by atoms with van der Waals surface area (Å²) in [5.41, 5.74) is 4.34. The maximum atomic E-state index is 12.5. The average Bonchev–Trinajstić information content (AvgIpc) is 3.10. The van der Waals surface area contributed by atoms with Crippen molar-refractivity contribution in [1.82, 2.24) is 19.9 Å². The van der Waals surface area contributed by atoms with Crippen LogP contribution >= 0.6 is 23.2 Å². The Balaban J connectivity index is 1.56. The topological polar surface area (TPSA) is 114 Å². The van der Waals surface area contributed by atoms with Crippen LogP contribution in [-0.2, 0) is 4.79 Å². The summed E-state index contributed by atoms with van der Waals surface area (Å²) in [6.07, 6.45) is 4.36. The van der Waals surface area contributed by atoms with Crippen LogP contribution in [0.15, 0.2) is 61.6 Å². The van der Waals surface area contributed by atoms with E-state index in [-0.39, 0.29) is 16.0 Å². The molecule has 1 fully saturated rings. The molecule has 1 saturated heterocycles. The normalized spacial score (nSPS) is 13.2. The number of piperazine rings is 1. The molecule has 0 saturated carbocycles. The largest absolute Gasteiger partial charge is 0.496 e. The first-order valence-electron chi connectivity index (χ1n) is 14.6. The number of halogens is 2. The van der Waals surface area contributed by atoms with Crippen molar-refractivity contribution in [2.75, 3.05) is 69.6 Å². The van der Waals surface area contributed by atoms with Crippen LogP contribution in [0.4, 0.5) is 22.9 Å². The van der Waals surface area contributed by atoms with Gasteiger partial charge in [-0.2, -0.15) is 0 Å². The van der Waals surface area contributed by atoms with E-state index in [0.29, 0.717) is 57.0 Å². The Labute approximate surface area is 278 Å². The Hall–Kier alpha value is -4.58. The summed E-state index contributed by atoms with van der Waals surface area (Å²) in [5.74, 6) is 1.49. The highest BCUT2D eigenvalue weighted by molar-refractivity contribution is 6.41. The summed E-state index contributed by atoms with van der Waals surface area (Å²) in [6, 6.07) is 10.9. The molecule has 1 aliphatic heterocycles. The van der Waals surface area contributed by atoms with E-state index in [1.165, 1.54) is 26.6 Å². The van der Waals surface area contributed by atoms with Gasteiger partial charge in [-0.25, -0.2) is 15.0 Å². The van der Waals surface area contributed by atoms with E-state index >= 15 is 0 Å². The molecule has 2 aromatic heterocycles. The second-order valence-electron chi connectivity index (χ2n) is 10.3. The summed E-state index contributed by atoms with van der Waals surface area (Å²) >= 11 is 13.3. The van der Waals surface area contributed by atoms with Gasteiger partial charge in [0.25, 0.3) is 0 Å². The lowest BCUT2D eigenvalue weighted by Crippen LogP contribution is -2.46. The number of likely N-dealkylation sites (N-methyl/N-ethyl adjacent to an activating group) is 1. The molecule has 2 aromatic carbocycles. The third-order valence-electron chi connectivity index (χ3n) is 7.77. The number of amides is 1. The highest BCUT2D eigenvalue weighted by Crippen LogP contribution is 2.46. The van der Waals surface area contributed by atoms with Crippen LogP contribution in [0.1, 0.15) is 6.92 Å². The summed E-state index contributed by atoms with van der Waals surface area (Å²) in [6.45, 7) is 10.3. The van der Waals surface area contributed by atoms with Crippen LogP contribution < -0.4 is 29.7 Å². The minimum Gasteiger partial charge on any atom is -0.496 e. The zero-order chi connectivity index (χ0) is 32.8. The van der Waals surface area contributed by atoms with Gasteiger partial charge >= 0.3 is 0 Å². The van der Waals surface area contributed by atoms with Crippen LogP contribution in [0.3, 0.4) is 0 Å². The smallest absolute Gasteiger partial charge is 0.247 e. The fourth-order valence-electron chi connectivity index (χ4n) is 5.27. The van der Waals surface area contributed by atoms with Crippen LogP contribution in [0.5, 0.6) is 17.2 Å². The minimum absolute atomic E-state index is 0.267. The first-order chi connectivity index (χ1) is 22.3. The second-order valence-corrected chi connectivity index (χ2v) is 11.0. The van der Waals surface area contributed by atoms with Gasteiger partial charge in [0, 0.05) is 55.6 Å². The number of nitrogens with zero attached hydrogens (tertiary/aromatic N) is 5. The van der Waals surface area contributed by atoms with Gasteiger partial charge < -0.3 is 34.6 Å². The van der Waals surface area contributed by atoms with Crippen LogP contribution in [0.2, 0.25) is 10.0 Å². The van der Waals surface area contributed by atoms with Crippen LogP contribution in [0.25, 0.3) is 22.5 Å². The molecule has 3 heterocycles. The number of pyridine rings is 1. The summed E-state index contributed by atoms with van der Waals surface area (Å²) in [7, 11) is 4.63. The lowest BCUT2D eigenvalue weighted by Gasteiger charge is -2.36. The van der Waals surface area contributed by atoms with Gasteiger partial charge in [-0.15, -0.1) is 0 Å². The number of carbonyl (C=O) groups is 1. The highest BCUT2D eigenvalue weighted by atomic mass is 35.5. The SMILES string of the molecule is C=CC(=O)Nc1cc(-c2cc(-c3cccnc3Nc3c(Cl)c(OC)cc(OC)c3Cl)ncn2)c(OC)cc1N1CCN(CC)CC1. The number of methoxy groups -OCH3 is 3. The molecule has 1 aliphatic rings. The number of hydrogen-bond donors (Lipinski definition) is 2. The Bertz CT molecular complexity index is 1720. The van der Waals surface area contributed by atoms with Gasteiger partial charge in [-0.3, -0.25) is 4.79 Å². The highest BCUT2D eigenvalue weighted by Gasteiger charge is 2.23. The van der Waals surface area contributed by atoms with Crippen molar-refractivity contribution < 1.29 is 19.0 Å². The van der Waals surface area contributed by atoms with Gasteiger partial charge in [-0.1, -0.05) is 36.7 Å². The first-order valence-corrected chi connectivity index (χ1v) is 15.3.